The predicted octanol–water partition coefficient (Wildman–Crippen LogP) is 14.2. The van der Waals surface area contributed by atoms with Gasteiger partial charge in [-0.3, -0.25) is 18.4 Å². The molecule has 22 heteroatoms. The van der Waals surface area contributed by atoms with E-state index in [-0.39, 0.29) is 22.5 Å². The van der Waals surface area contributed by atoms with Crippen molar-refractivity contribution in [2.24, 2.45) is 9.98 Å². The fraction of sp³-hybridized carbons (Fsp3) is 0.122. The van der Waals surface area contributed by atoms with E-state index >= 15 is 26.3 Å². The summed E-state index contributed by atoms with van der Waals surface area (Å²) in [6.07, 6.45) is 8.15. The zero-order valence-electron chi connectivity index (χ0n) is 35.4. The van der Waals surface area contributed by atoms with E-state index in [2.05, 4.69) is 46.2 Å². The first kappa shape index (κ1) is 52.2. The van der Waals surface area contributed by atoms with Crippen LogP contribution in [0, 0.1) is 93.8 Å². The van der Waals surface area contributed by atoms with Crippen LogP contribution in [-0.4, -0.2) is 32.8 Å². The third-order valence-electron chi connectivity index (χ3n) is 10.7. The molecule has 0 spiro atoms. The van der Waals surface area contributed by atoms with E-state index in [0.717, 1.165) is 67.5 Å². The Morgan fingerprint density at radius 2 is 0.930 bits per heavy atom. The molecular formula is C49H26BrCoF15N4O-2. The van der Waals surface area contributed by atoms with Crippen LogP contribution in [0.5, 0.6) is 5.75 Å². The molecule has 0 unspecified atom stereocenters. The van der Waals surface area contributed by atoms with E-state index in [0.29, 0.717) is 12.4 Å². The molecule has 1 aromatic heterocycles. The number of alkyl halides is 1. The molecule has 371 valence electrons. The Morgan fingerprint density at radius 3 is 1.37 bits per heavy atom. The number of benzene rings is 4. The van der Waals surface area contributed by atoms with Gasteiger partial charge in [0.2, 0.25) is 5.82 Å². The fourth-order valence-corrected chi connectivity index (χ4v) is 8.06. The standard InChI is InChI=1S/C49H26BrF15N4O.Co/c1-2-24(66)30(20-7-10-22(11-8-20)70-18-6-4-3-5-17-50)25-13-14-28(68-25)32(34-39(55)45(61)49(65)46(62)40(34)56)29-16-15-27(69-29)31(33-37(53)43(59)48(64)44(60)38(33)54)26-12-9-21(67-26)19-23-35(51)41(57)47(63)42(58)36(23)52;/h1-2,7-16,66,69H,3-6,17-18H2;/q-2;/b30-24-,31-26+,32-28+;. The van der Waals surface area contributed by atoms with E-state index < -0.39 is 148 Å². The number of halogens is 16. The third-order valence-corrected chi connectivity index (χ3v) is 11.8. The van der Waals surface area contributed by atoms with E-state index in [4.69, 9.17) is 17.0 Å². The summed E-state index contributed by atoms with van der Waals surface area (Å²) in [5, 5.41) is 0.866. The minimum absolute atomic E-state index is 0.0323. The molecule has 5 aromatic rings. The molecule has 4 aromatic carbocycles. The Bertz CT molecular complexity index is 3210. The molecule has 2 N–H and O–H groups in total. The van der Waals surface area contributed by atoms with E-state index in [1.165, 1.54) is 18.2 Å². The summed E-state index contributed by atoms with van der Waals surface area (Å²) >= 11 is 7.28. The van der Waals surface area contributed by atoms with Gasteiger partial charge in [-0.2, -0.15) is 0 Å². The van der Waals surface area contributed by atoms with Crippen LogP contribution in [0.15, 0.2) is 93.9 Å². The number of hydrogen-bond acceptors (Lipinski definition) is 3. The minimum atomic E-state index is -2.64. The van der Waals surface area contributed by atoms with Gasteiger partial charge in [-0.15, -0.1) is 0 Å². The molecule has 2 aliphatic heterocycles. The maximum atomic E-state index is 15.9. The maximum absolute atomic E-state index is 15.9. The number of ether oxygens (including phenoxy) is 1. The monoisotopic (exact) mass is 1110 g/mol. The molecule has 0 bridgehead atoms. The molecule has 0 fully saturated rings. The molecule has 5 nitrogen and oxygen atoms in total. The van der Waals surface area contributed by atoms with Gasteiger partial charge in [-0.05, 0) is 30.5 Å². The Hall–Kier alpha value is -6.65. The first-order valence-electron chi connectivity index (χ1n) is 20.3. The summed E-state index contributed by atoms with van der Waals surface area (Å²) in [4.78, 5) is 10.6. The number of nitrogens with one attached hydrogen (secondary N) is 2. The average Bonchev–Trinajstić information content (AvgIpc) is 4.17. The van der Waals surface area contributed by atoms with Crippen LogP contribution < -0.4 is 4.74 Å². The molecule has 0 radical (unpaired) electrons. The van der Waals surface area contributed by atoms with Gasteiger partial charge in [0.15, 0.2) is 0 Å². The van der Waals surface area contributed by atoms with Gasteiger partial charge in [0.1, 0.15) is 5.75 Å². The number of unbranched alkanes of at least 4 members (excludes halogenated alkanes) is 3. The van der Waals surface area contributed by atoms with Crippen LogP contribution in [0.4, 0.5) is 65.9 Å². The summed E-state index contributed by atoms with van der Waals surface area (Å²) < 4.78 is 228. The van der Waals surface area contributed by atoms with Gasteiger partial charge in [0, 0.05) is 5.33 Å². The fourth-order valence-electron chi connectivity index (χ4n) is 7.29. The molecule has 0 amide bonds. The minimum Gasteiger partial charge on any atom is -0.494 e. The number of allylic oxidation sites excluding steroid dienone is 6. The van der Waals surface area contributed by atoms with Crippen LogP contribution in [0.25, 0.3) is 22.5 Å². The Morgan fingerprint density at radius 1 is 0.535 bits per heavy atom. The number of aliphatic imine (C=N–C) groups is 2. The Kier molecular flexibility index (Phi) is 15.7. The molecule has 0 aliphatic carbocycles. The van der Waals surface area contributed by atoms with Crippen LogP contribution in [0.2, 0.25) is 0 Å². The van der Waals surface area contributed by atoms with Gasteiger partial charge >= 0.3 is 267 Å². The average molecular weight is 1110 g/mol. The molecule has 0 saturated carbocycles. The smallest absolute Gasteiger partial charge is 0.494 e. The van der Waals surface area contributed by atoms with Crippen molar-refractivity contribution in [3.63, 3.8) is 0 Å². The Labute approximate surface area is 408 Å². The van der Waals surface area contributed by atoms with E-state index in [9.17, 15) is 39.5 Å². The number of rotatable bonds is 16. The van der Waals surface area contributed by atoms with Crippen LogP contribution in [-0.2, 0) is 15.3 Å². The van der Waals surface area contributed by atoms with Crippen molar-refractivity contribution in [1.82, 2.24) is 4.98 Å². The second-order valence-electron chi connectivity index (χ2n) is 15.0. The Balaban J connectivity index is 1.42. The van der Waals surface area contributed by atoms with Gasteiger partial charge in [-0.1, -0.05) is 46.5 Å². The van der Waals surface area contributed by atoms with E-state index in [1.807, 2.05) is 0 Å². The zero-order chi connectivity index (χ0) is 51.7. The summed E-state index contributed by atoms with van der Waals surface area (Å²) in [5.41, 5.74) is -2.73. The van der Waals surface area contributed by atoms with Crippen molar-refractivity contribution in [2.75, 3.05) is 11.9 Å². The first-order chi connectivity index (χ1) is 33.7. The predicted molar refractivity (Wildman–Crippen MR) is 233 cm³/mol. The van der Waals surface area contributed by atoms with Crippen LogP contribution >= 0.6 is 15.9 Å². The number of aromatic amines is 1. The molecule has 0 atom stereocenters. The van der Waals surface area contributed by atoms with Crippen LogP contribution in [0.1, 0.15) is 59.3 Å². The molecule has 2 aliphatic rings. The topological polar surface area (TPSA) is 73.5 Å². The SMILES string of the molecule is [CH-]=C/C([NH-])=C(C1=N/C(=C(\c2ccc(/C(=C3/C=CC([C](=[Co])c4c(F)c(F)c(F)c(F)c4F)=N3)c3c(F)c(F)c(F)c(F)c3F)[nH]2)c2c(F)c(F)c(F)c(F)c2F)C=C1)\c1ccc(OCCCCCCBr)cc1. The third kappa shape index (κ3) is 9.75. The molecule has 3 heterocycles. The van der Waals surface area contributed by atoms with Crippen LogP contribution in [0.3, 0.4) is 0 Å². The van der Waals surface area contributed by atoms with Crippen molar-refractivity contribution >= 4 is 48.5 Å². The molecule has 0 saturated heterocycles. The quantitative estimate of drug-likeness (QED) is 0.0200. The molecule has 71 heavy (non-hydrogen) atoms. The summed E-state index contributed by atoms with van der Waals surface area (Å²) in [5.74, 6) is -36.8. The number of hydrogen-bond donors (Lipinski definition) is 1. The summed E-state index contributed by atoms with van der Waals surface area (Å²) in [7, 11) is 0. The summed E-state index contributed by atoms with van der Waals surface area (Å²) in [6.45, 7) is 6.11. The zero-order valence-corrected chi connectivity index (χ0v) is 38.0. The van der Waals surface area contributed by atoms with Crippen molar-refractivity contribution in [3.05, 3.63) is 217 Å². The first-order valence-corrected chi connectivity index (χ1v) is 22.0. The molecule has 7 rings (SSSR count). The van der Waals surface area contributed by atoms with Crippen molar-refractivity contribution < 1.29 is 85.9 Å². The van der Waals surface area contributed by atoms with Crippen molar-refractivity contribution in [1.29, 1.82) is 0 Å². The summed E-state index contributed by atoms with van der Waals surface area (Å²) in [6, 6.07) is 7.73. The number of nitrogens with zero attached hydrogens (tertiary/aromatic N) is 2. The normalized spacial score (nSPS) is 15.1. The van der Waals surface area contributed by atoms with E-state index in [1.54, 1.807) is 12.1 Å². The van der Waals surface area contributed by atoms with Crippen molar-refractivity contribution in [3.8, 4) is 5.75 Å². The number of aromatic nitrogens is 1. The van der Waals surface area contributed by atoms with Gasteiger partial charge < -0.3 is 10.5 Å². The van der Waals surface area contributed by atoms with Gasteiger partial charge in [-0.25, -0.2) is 13.2 Å². The second-order valence-corrected chi connectivity index (χ2v) is 16.3. The van der Waals surface area contributed by atoms with Gasteiger partial charge in [0.25, 0.3) is 0 Å². The number of H-pyrrole nitrogens is 1. The van der Waals surface area contributed by atoms with Crippen molar-refractivity contribution in [2.45, 2.75) is 25.7 Å². The van der Waals surface area contributed by atoms with Gasteiger partial charge in [0.05, 0.1) is 6.61 Å². The molecular weight excluding hydrogens is 1080 g/mol. The second kappa shape index (κ2) is 21.4.